The fourth-order valence-electron chi connectivity index (χ4n) is 4.53. The highest BCUT2D eigenvalue weighted by molar-refractivity contribution is 5.94. The zero-order chi connectivity index (χ0) is 30.7. The molecule has 1 unspecified atom stereocenters. The molecule has 18 heteroatoms. The third-order valence-corrected chi connectivity index (χ3v) is 6.66. The second-order valence-electron chi connectivity index (χ2n) is 9.54. The summed E-state index contributed by atoms with van der Waals surface area (Å²) in [5, 5.41) is 17.2. The number of rotatable bonds is 2. The van der Waals surface area contributed by atoms with Crippen LogP contribution in [0.4, 0.5) is 35.1 Å². The maximum atomic E-state index is 14.0. The number of nitrogens with two attached hydrogens (primary N) is 1. The molecule has 0 radical (unpaired) electrons. The van der Waals surface area contributed by atoms with Crippen molar-refractivity contribution >= 4 is 5.91 Å². The summed E-state index contributed by atoms with van der Waals surface area (Å²) in [5.41, 5.74) is -1.11. The van der Waals surface area contributed by atoms with Gasteiger partial charge in [-0.05, 0) is 42.7 Å². The van der Waals surface area contributed by atoms with Gasteiger partial charge in [-0.3, -0.25) is 4.79 Å². The fraction of sp³-hybridized carbons (Fsp3) is 0.417. The molecule has 0 spiro atoms. The van der Waals surface area contributed by atoms with Crippen molar-refractivity contribution in [3.8, 4) is 23.1 Å². The average molecular weight is 609 g/mol. The Hall–Kier alpha value is -4.06. The number of benzene rings is 1. The van der Waals surface area contributed by atoms with E-state index in [9.17, 15) is 45.0 Å². The molecule has 5 rings (SSSR count). The van der Waals surface area contributed by atoms with E-state index in [-0.39, 0.29) is 36.4 Å². The first kappa shape index (κ1) is 29.4. The number of ether oxygens (including phenoxy) is 2. The van der Waals surface area contributed by atoms with Gasteiger partial charge in [0.2, 0.25) is 0 Å². The van der Waals surface area contributed by atoms with E-state index < -0.39 is 77.9 Å². The Morgan fingerprint density at radius 2 is 1.74 bits per heavy atom. The van der Waals surface area contributed by atoms with Gasteiger partial charge < -0.3 is 29.6 Å². The monoisotopic (exact) mass is 609 g/mol. The number of pyridine rings is 1. The summed E-state index contributed by atoms with van der Waals surface area (Å²) >= 11 is 0. The Bertz CT molecular complexity index is 1510. The van der Waals surface area contributed by atoms with Crippen LogP contribution in [0.2, 0.25) is 0 Å². The number of aliphatic hydroxyl groups is 1. The van der Waals surface area contributed by atoms with Crippen LogP contribution in [0.1, 0.15) is 46.8 Å². The van der Waals surface area contributed by atoms with Crippen molar-refractivity contribution < 1.29 is 58.9 Å². The summed E-state index contributed by atoms with van der Waals surface area (Å²) in [4.78, 5) is 18.2. The molecular weight excluding hydrogens is 590 g/mol. The molecule has 4 bridgehead atoms. The lowest BCUT2D eigenvalue weighted by molar-refractivity contribution is -0.286. The van der Waals surface area contributed by atoms with Gasteiger partial charge in [-0.25, -0.2) is 4.98 Å². The van der Waals surface area contributed by atoms with E-state index in [0.717, 1.165) is 17.0 Å². The van der Waals surface area contributed by atoms with Crippen molar-refractivity contribution in [2.75, 3.05) is 6.54 Å². The lowest BCUT2D eigenvalue weighted by Crippen LogP contribution is -2.55. The molecule has 0 fully saturated rings. The van der Waals surface area contributed by atoms with Crippen molar-refractivity contribution in [2.24, 2.45) is 5.73 Å². The maximum absolute atomic E-state index is 14.0. The summed E-state index contributed by atoms with van der Waals surface area (Å²) in [6.45, 7) is -0.754. The normalized spacial score (nSPS) is 22.7. The van der Waals surface area contributed by atoms with Gasteiger partial charge in [0.05, 0.1) is 11.6 Å². The number of fused-ring (bicyclic) bond motifs is 6. The van der Waals surface area contributed by atoms with E-state index in [1.165, 1.54) is 6.07 Å². The van der Waals surface area contributed by atoms with E-state index in [4.69, 9.17) is 10.2 Å². The molecule has 226 valence electrons. The molecule has 2 aliphatic rings. The van der Waals surface area contributed by atoms with E-state index in [2.05, 4.69) is 24.7 Å². The SMILES string of the molecule is NC1CCCCN(Cc2ccc3c(c2)OC(F)(F)O3)C(=O)c2nc(ccc2C(F)(F)F)-c2nnc(o2)[C@@]1(O)C(F)(F)F. The van der Waals surface area contributed by atoms with Crippen molar-refractivity contribution in [3.05, 3.63) is 53.0 Å². The Kier molecular flexibility index (Phi) is 7.04. The summed E-state index contributed by atoms with van der Waals surface area (Å²) in [5.74, 6) is -4.09. The van der Waals surface area contributed by atoms with E-state index in [0.29, 0.717) is 12.1 Å². The minimum atomic E-state index is -5.38. The molecule has 2 aromatic heterocycles. The predicted octanol–water partition coefficient (Wildman–Crippen LogP) is 4.38. The zero-order valence-corrected chi connectivity index (χ0v) is 21.0. The summed E-state index contributed by atoms with van der Waals surface area (Å²) in [6, 6.07) is 2.65. The number of halogens is 8. The third-order valence-electron chi connectivity index (χ3n) is 6.66. The van der Waals surface area contributed by atoms with Crippen LogP contribution < -0.4 is 15.2 Å². The molecule has 0 saturated heterocycles. The van der Waals surface area contributed by atoms with Crippen molar-refractivity contribution in [2.45, 2.75) is 56.1 Å². The zero-order valence-electron chi connectivity index (χ0n) is 21.0. The number of aromatic nitrogens is 3. The van der Waals surface area contributed by atoms with Gasteiger partial charge in [0.25, 0.3) is 23.3 Å². The number of carbonyl (C=O) groups is 1. The highest BCUT2D eigenvalue weighted by atomic mass is 19.4. The quantitative estimate of drug-likeness (QED) is 0.406. The molecule has 0 aliphatic carbocycles. The average Bonchev–Trinajstić information content (AvgIpc) is 3.50. The van der Waals surface area contributed by atoms with Crippen LogP contribution in [-0.4, -0.2) is 56.2 Å². The highest BCUT2D eigenvalue weighted by Gasteiger charge is 2.62. The van der Waals surface area contributed by atoms with Crippen LogP contribution >= 0.6 is 0 Å². The molecule has 42 heavy (non-hydrogen) atoms. The third kappa shape index (κ3) is 5.31. The van der Waals surface area contributed by atoms with Crippen molar-refractivity contribution in [3.63, 3.8) is 0 Å². The fourth-order valence-corrected chi connectivity index (χ4v) is 4.53. The van der Waals surface area contributed by atoms with Crippen molar-refractivity contribution in [1.29, 1.82) is 0 Å². The molecule has 1 aromatic carbocycles. The number of hydrogen-bond acceptors (Lipinski definition) is 9. The number of nitrogens with zero attached hydrogens (tertiary/aromatic N) is 4. The Morgan fingerprint density at radius 1 is 1.02 bits per heavy atom. The minimum Gasteiger partial charge on any atom is -0.416 e. The van der Waals surface area contributed by atoms with Gasteiger partial charge in [0.15, 0.2) is 11.5 Å². The molecule has 0 saturated carbocycles. The van der Waals surface area contributed by atoms with E-state index in [1.807, 2.05) is 0 Å². The first-order valence-corrected chi connectivity index (χ1v) is 12.1. The molecule has 4 heterocycles. The van der Waals surface area contributed by atoms with Crippen LogP contribution in [0.15, 0.2) is 34.7 Å². The molecule has 1 amide bonds. The van der Waals surface area contributed by atoms with Gasteiger partial charge in [-0.1, -0.05) is 12.5 Å². The number of hydrogen-bond donors (Lipinski definition) is 2. The van der Waals surface area contributed by atoms with Crippen LogP contribution in [0, 0.1) is 0 Å². The van der Waals surface area contributed by atoms with Crippen LogP contribution in [0.3, 0.4) is 0 Å². The van der Waals surface area contributed by atoms with Crippen LogP contribution in [-0.2, 0) is 18.3 Å². The summed E-state index contributed by atoms with van der Waals surface area (Å²) < 4.78 is 124. The molecule has 2 atom stereocenters. The van der Waals surface area contributed by atoms with Gasteiger partial charge in [0, 0.05) is 13.1 Å². The Labute approximate surface area is 230 Å². The highest BCUT2D eigenvalue weighted by Crippen LogP contribution is 2.43. The second-order valence-corrected chi connectivity index (χ2v) is 9.54. The standard InChI is InChI=1S/C24H19F8N5O5/c25-22(26,27)12-5-6-13-18-35-36-20(40-18)21(39,23(28,29)30)16(33)3-1-2-8-37(19(38)17(12)34-13)10-11-4-7-14-15(9-11)42-24(31,32)41-14/h4-7,9,16,39H,1-3,8,10,33H2/t16?,21-/m1/s1. The van der Waals surface area contributed by atoms with Gasteiger partial charge in [0.1, 0.15) is 11.4 Å². The molecule has 10 nitrogen and oxygen atoms in total. The molecule has 2 aliphatic heterocycles. The summed E-state index contributed by atoms with van der Waals surface area (Å²) in [7, 11) is 0. The Balaban J connectivity index is 1.58. The smallest absolute Gasteiger partial charge is 0.416 e. The molecular formula is C24H19F8N5O5. The minimum absolute atomic E-state index is 0.0911. The molecule has 3 N–H and O–H groups in total. The number of carbonyl (C=O) groups excluding carboxylic acids is 1. The predicted molar refractivity (Wildman–Crippen MR) is 122 cm³/mol. The van der Waals surface area contributed by atoms with E-state index in [1.54, 1.807) is 0 Å². The van der Waals surface area contributed by atoms with Gasteiger partial charge in [-0.15, -0.1) is 19.0 Å². The molecule has 3 aromatic rings. The number of alkyl halides is 8. The second kappa shape index (κ2) is 10.0. The van der Waals surface area contributed by atoms with E-state index >= 15 is 0 Å². The van der Waals surface area contributed by atoms with Crippen LogP contribution in [0.5, 0.6) is 11.5 Å². The first-order valence-electron chi connectivity index (χ1n) is 12.1. The topological polar surface area (TPSA) is 137 Å². The largest absolute Gasteiger partial charge is 0.586 e. The summed E-state index contributed by atoms with van der Waals surface area (Å²) in [6.07, 6.45) is -15.1. The van der Waals surface area contributed by atoms with Gasteiger partial charge >= 0.3 is 18.6 Å². The van der Waals surface area contributed by atoms with Gasteiger partial charge in [-0.2, -0.15) is 26.3 Å². The Morgan fingerprint density at radius 3 is 2.43 bits per heavy atom. The maximum Gasteiger partial charge on any atom is 0.586 e. The first-order chi connectivity index (χ1) is 19.5. The van der Waals surface area contributed by atoms with Crippen LogP contribution in [0.25, 0.3) is 11.6 Å². The van der Waals surface area contributed by atoms with Crippen molar-refractivity contribution in [1.82, 2.24) is 20.1 Å². The number of amides is 1. The lowest BCUT2D eigenvalue weighted by atomic mass is 9.89. The lowest BCUT2D eigenvalue weighted by Gasteiger charge is -2.32.